The summed E-state index contributed by atoms with van der Waals surface area (Å²) in [5.74, 6) is 0. The summed E-state index contributed by atoms with van der Waals surface area (Å²) in [4.78, 5) is 0. The van der Waals surface area contributed by atoms with Crippen molar-refractivity contribution in [2.75, 3.05) is 78.7 Å². The summed E-state index contributed by atoms with van der Waals surface area (Å²) in [6.45, 7) is 6.83. The minimum Gasteiger partial charge on any atom is -0.395 e. The molecule has 136 valence electrons. The number of hydrogen-bond acceptors (Lipinski definition) is 9. The van der Waals surface area contributed by atoms with E-state index in [9.17, 15) is 0 Å². The Bertz CT molecular complexity index is 116. The van der Waals surface area contributed by atoms with Crippen LogP contribution in [-0.4, -0.2) is 94.0 Å². The Kier molecular flexibility index (Phi) is 51.6. The Morgan fingerprint density at radius 1 is 0.500 bits per heavy atom. The molecule has 0 unspecified atom stereocenters. The number of nitrogens with two attached hydrogens (primary N) is 3. The second kappa shape index (κ2) is 37.5. The first kappa shape index (κ1) is 30.3. The third-order valence-electron chi connectivity index (χ3n) is 1.83. The van der Waals surface area contributed by atoms with Gasteiger partial charge in [0.2, 0.25) is 0 Å². The van der Waals surface area contributed by atoms with Gasteiger partial charge in [-0.25, -0.2) is 0 Å². The topological polar surface area (TPSA) is 175 Å². The van der Waals surface area contributed by atoms with Crippen LogP contribution >= 0.6 is 0 Å². The Hall–Kier alpha value is 0.354. The van der Waals surface area contributed by atoms with E-state index in [1.807, 2.05) is 0 Å². The van der Waals surface area contributed by atoms with E-state index in [2.05, 4.69) is 16.0 Å². The van der Waals surface area contributed by atoms with E-state index in [0.717, 1.165) is 19.6 Å². The van der Waals surface area contributed by atoms with Gasteiger partial charge in [0.1, 0.15) is 0 Å². The average Bonchev–Trinajstić information content (AvgIpc) is 2.50. The summed E-state index contributed by atoms with van der Waals surface area (Å²) in [7, 11) is 0. The maximum absolute atomic E-state index is 8.19. The van der Waals surface area contributed by atoms with E-state index in [1.165, 1.54) is 0 Å². The van der Waals surface area contributed by atoms with Crippen LogP contribution in [0.3, 0.4) is 0 Å². The van der Waals surface area contributed by atoms with Gasteiger partial charge in [-0.3, -0.25) is 0 Å². The number of nitrogens with one attached hydrogen (secondary N) is 3. The van der Waals surface area contributed by atoms with Crippen LogP contribution in [0.5, 0.6) is 0 Å². The Morgan fingerprint density at radius 3 is 0.864 bits per heavy atom. The fourth-order valence-electron chi connectivity index (χ4n) is 0.918. The molecule has 10 heteroatoms. The summed E-state index contributed by atoms with van der Waals surface area (Å²) in [6, 6.07) is 0. The van der Waals surface area contributed by atoms with Crippen LogP contribution in [-0.2, 0) is 21.7 Å². The van der Waals surface area contributed by atoms with Crippen LogP contribution in [0.4, 0.5) is 0 Å². The molecule has 0 aliphatic carbocycles. The van der Waals surface area contributed by atoms with Crippen LogP contribution in [0.15, 0.2) is 0 Å². The third kappa shape index (κ3) is 50.0. The molecule has 0 radical (unpaired) electrons. The molecule has 0 spiro atoms. The van der Waals surface area contributed by atoms with E-state index in [4.69, 9.17) is 32.5 Å². The van der Waals surface area contributed by atoms with Gasteiger partial charge >= 0.3 is 0 Å². The zero-order valence-corrected chi connectivity index (χ0v) is 15.1. The standard InChI is InChI=1S/3C4H12N2O.Ti/c3*5-1-2-6-3-4-7;/h3*6-7H,1-5H2;. The Labute approximate surface area is 149 Å². The zero-order chi connectivity index (χ0) is 16.6. The first-order valence-corrected chi connectivity index (χ1v) is 7.29. The molecule has 0 aliphatic heterocycles. The first-order valence-electron chi connectivity index (χ1n) is 7.29. The van der Waals surface area contributed by atoms with Crippen molar-refractivity contribution in [1.82, 2.24) is 16.0 Å². The van der Waals surface area contributed by atoms with Crippen molar-refractivity contribution >= 4 is 0 Å². The minimum atomic E-state index is 0. The van der Waals surface area contributed by atoms with E-state index >= 15 is 0 Å². The molecule has 0 fully saturated rings. The third-order valence-corrected chi connectivity index (χ3v) is 1.83. The van der Waals surface area contributed by atoms with E-state index in [-0.39, 0.29) is 41.5 Å². The molecule has 22 heavy (non-hydrogen) atoms. The van der Waals surface area contributed by atoms with Crippen molar-refractivity contribution in [1.29, 1.82) is 0 Å². The second-order valence-electron chi connectivity index (χ2n) is 3.79. The van der Waals surface area contributed by atoms with Gasteiger partial charge in [-0.1, -0.05) is 0 Å². The molecule has 0 aromatic rings. The number of aliphatic hydroxyl groups excluding tert-OH is 3. The number of aliphatic hydroxyl groups is 3. The van der Waals surface area contributed by atoms with Gasteiger partial charge in [-0.15, -0.1) is 0 Å². The molecular formula is C12H36N6O3Ti. The van der Waals surface area contributed by atoms with Crippen molar-refractivity contribution in [2.24, 2.45) is 17.2 Å². The maximum Gasteiger partial charge on any atom is 0.0555 e. The molecule has 9 nitrogen and oxygen atoms in total. The van der Waals surface area contributed by atoms with Crippen molar-refractivity contribution in [3.8, 4) is 0 Å². The summed E-state index contributed by atoms with van der Waals surface area (Å²) < 4.78 is 0. The predicted molar refractivity (Wildman–Crippen MR) is 87.0 cm³/mol. The quantitative estimate of drug-likeness (QED) is 0.123. The smallest absolute Gasteiger partial charge is 0.0555 e. The molecule has 0 amide bonds. The molecule has 0 heterocycles. The Morgan fingerprint density at radius 2 is 0.727 bits per heavy atom. The molecule has 0 rings (SSSR count). The molecule has 0 aromatic heterocycles. The molecule has 0 saturated carbocycles. The molecule has 0 atom stereocenters. The van der Waals surface area contributed by atoms with Gasteiger partial charge in [-0.05, 0) is 0 Å². The minimum absolute atomic E-state index is 0. The summed E-state index contributed by atoms with van der Waals surface area (Å²) in [6.07, 6.45) is 0. The van der Waals surface area contributed by atoms with Crippen LogP contribution in [0, 0.1) is 0 Å². The van der Waals surface area contributed by atoms with Gasteiger partial charge in [-0.2, -0.15) is 0 Å². The van der Waals surface area contributed by atoms with Crippen LogP contribution in [0.2, 0.25) is 0 Å². The first-order chi connectivity index (χ1) is 10.2. The number of hydrogen-bond donors (Lipinski definition) is 9. The SMILES string of the molecule is NCCNCCO.NCCNCCO.NCCNCCO.[Ti]. The maximum atomic E-state index is 8.19. The Balaban J connectivity index is -0.000000108. The summed E-state index contributed by atoms with van der Waals surface area (Å²) in [5.41, 5.74) is 15.4. The van der Waals surface area contributed by atoms with Crippen molar-refractivity contribution in [3.05, 3.63) is 0 Å². The molecule has 0 saturated heterocycles. The van der Waals surface area contributed by atoms with Crippen LogP contribution < -0.4 is 33.2 Å². The van der Waals surface area contributed by atoms with Gasteiger partial charge in [0, 0.05) is 80.6 Å². The van der Waals surface area contributed by atoms with E-state index in [1.54, 1.807) is 0 Å². The molecular weight excluding hydrogens is 324 g/mol. The summed E-state index contributed by atoms with van der Waals surface area (Å²) in [5, 5.41) is 33.3. The monoisotopic (exact) mass is 360 g/mol. The molecule has 0 aromatic carbocycles. The van der Waals surface area contributed by atoms with Gasteiger partial charge < -0.3 is 48.5 Å². The van der Waals surface area contributed by atoms with E-state index in [0.29, 0.717) is 39.3 Å². The number of rotatable bonds is 12. The fraction of sp³-hybridized carbons (Fsp3) is 1.00. The second-order valence-corrected chi connectivity index (χ2v) is 3.79. The normalized spacial score (nSPS) is 9.00. The van der Waals surface area contributed by atoms with Gasteiger partial charge in [0.05, 0.1) is 19.8 Å². The fourth-order valence-corrected chi connectivity index (χ4v) is 0.918. The van der Waals surface area contributed by atoms with Gasteiger partial charge in [0.25, 0.3) is 0 Å². The van der Waals surface area contributed by atoms with Crippen molar-refractivity contribution in [2.45, 2.75) is 0 Å². The van der Waals surface area contributed by atoms with Gasteiger partial charge in [0.15, 0.2) is 0 Å². The van der Waals surface area contributed by atoms with Crippen LogP contribution in [0.25, 0.3) is 0 Å². The zero-order valence-electron chi connectivity index (χ0n) is 13.6. The van der Waals surface area contributed by atoms with Crippen molar-refractivity contribution in [3.63, 3.8) is 0 Å². The largest absolute Gasteiger partial charge is 0.395 e. The molecule has 0 aliphatic rings. The summed E-state index contributed by atoms with van der Waals surface area (Å²) >= 11 is 0. The average molecular weight is 360 g/mol. The van der Waals surface area contributed by atoms with E-state index < -0.39 is 0 Å². The predicted octanol–water partition coefficient (Wildman–Crippen LogP) is -4.42. The molecule has 12 N–H and O–H groups in total. The van der Waals surface area contributed by atoms with Crippen LogP contribution in [0.1, 0.15) is 0 Å². The molecule has 0 bridgehead atoms. The van der Waals surface area contributed by atoms with Crippen molar-refractivity contribution < 1.29 is 37.0 Å².